The van der Waals surface area contributed by atoms with Crippen LogP contribution in [0.5, 0.6) is 0 Å². The molecule has 1 saturated heterocycles. The van der Waals surface area contributed by atoms with Gasteiger partial charge in [0.2, 0.25) is 5.91 Å². The second-order valence-electron chi connectivity index (χ2n) is 8.51. The maximum Gasteiger partial charge on any atom is 0.338 e. The van der Waals surface area contributed by atoms with E-state index in [-0.39, 0.29) is 37.0 Å². The summed E-state index contributed by atoms with van der Waals surface area (Å²) in [5, 5.41) is 22.5. The van der Waals surface area contributed by atoms with Crippen molar-refractivity contribution in [3.05, 3.63) is 80.9 Å². The van der Waals surface area contributed by atoms with Gasteiger partial charge in [0.15, 0.2) is 11.6 Å². The first-order valence-corrected chi connectivity index (χ1v) is 13.9. The SMILES string of the molecule is O=C(CCN1C(=O)C(=Cc2cc(-c3ccc(F)c(F)c3)cs2)SC1=S)Nc1ccc(C(=O)OCC(O)CO)cc1. The van der Waals surface area contributed by atoms with E-state index in [2.05, 4.69) is 5.32 Å². The monoisotopic (exact) mass is 604 g/mol. The number of carbonyl (C=O) groups excluding carboxylic acids is 3. The number of esters is 1. The number of benzene rings is 2. The van der Waals surface area contributed by atoms with E-state index in [9.17, 15) is 28.3 Å². The van der Waals surface area contributed by atoms with Crippen molar-refractivity contribution < 1.29 is 38.1 Å². The maximum atomic E-state index is 13.6. The summed E-state index contributed by atoms with van der Waals surface area (Å²) in [5.41, 5.74) is 1.83. The van der Waals surface area contributed by atoms with Gasteiger partial charge in [0.1, 0.15) is 17.0 Å². The van der Waals surface area contributed by atoms with E-state index in [1.807, 2.05) is 0 Å². The summed E-state index contributed by atoms with van der Waals surface area (Å²) in [6, 6.07) is 11.3. The molecule has 0 aliphatic carbocycles. The lowest BCUT2D eigenvalue weighted by atomic mass is 10.1. The van der Waals surface area contributed by atoms with Gasteiger partial charge in [-0.05, 0) is 65.0 Å². The number of amides is 2. The molecule has 0 radical (unpaired) electrons. The van der Waals surface area contributed by atoms with Crippen molar-refractivity contribution in [3.8, 4) is 11.1 Å². The average molecular weight is 605 g/mol. The van der Waals surface area contributed by atoms with Crippen LogP contribution in [0.1, 0.15) is 21.7 Å². The fourth-order valence-electron chi connectivity index (χ4n) is 3.51. The van der Waals surface area contributed by atoms with Crippen molar-refractivity contribution in [1.29, 1.82) is 0 Å². The Bertz CT molecular complexity index is 1480. The quantitative estimate of drug-likeness (QED) is 0.177. The fraction of sp³-hybridized carbons (Fsp3) is 0.185. The van der Waals surface area contributed by atoms with Gasteiger partial charge in [-0.3, -0.25) is 14.5 Å². The third-order valence-corrected chi connectivity index (χ3v) is 7.86. The number of thiophene rings is 1. The lowest BCUT2D eigenvalue weighted by Crippen LogP contribution is -2.31. The molecule has 8 nitrogen and oxygen atoms in total. The van der Waals surface area contributed by atoms with E-state index < -0.39 is 30.3 Å². The summed E-state index contributed by atoms with van der Waals surface area (Å²) in [6.07, 6.45) is 0.484. The zero-order valence-electron chi connectivity index (χ0n) is 20.6. The molecular weight excluding hydrogens is 583 g/mol. The number of hydrogen-bond acceptors (Lipinski definition) is 9. The lowest BCUT2D eigenvalue weighted by molar-refractivity contribution is -0.122. The number of thioether (sulfide) groups is 1. The molecule has 1 unspecified atom stereocenters. The number of nitrogens with zero attached hydrogens (tertiary/aromatic N) is 1. The van der Waals surface area contributed by atoms with Gasteiger partial charge in [-0.2, -0.15) is 0 Å². The Morgan fingerprint density at radius 1 is 1.10 bits per heavy atom. The molecule has 0 bridgehead atoms. The number of aliphatic hydroxyl groups is 2. The van der Waals surface area contributed by atoms with E-state index in [0.717, 1.165) is 28.8 Å². The molecule has 2 amide bonds. The Hall–Kier alpha value is -3.49. The smallest absolute Gasteiger partial charge is 0.338 e. The normalized spacial score (nSPS) is 15.0. The fourth-order valence-corrected chi connectivity index (χ4v) is 5.73. The highest BCUT2D eigenvalue weighted by Gasteiger charge is 2.32. The summed E-state index contributed by atoms with van der Waals surface area (Å²) in [6.45, 7) is -0.804. The Balaban J connectivity index is 1.30. The first-order valence-electron chi connectivity index (χ1n) is 11.8. The number of thiocarbonyl (C=S) groups is 1. The van der Waals surface area contributed by atoms with Gasteiger partial charge in [0, 0.05) is 23.5 Å². The van der Waals surface area contributed by atoms with Gasteiger partial charge >= 0.3 is 5.97 Å². The summed E-state index contributed by atoms with van der Waals surface area (Å²) in [7, 11) is 0. The molecule has 3 N–H and O–H groups in total. The van der Waals surface area contributed by atoms with Crippen molar-refractivity contribution in [2.45, 2.75) is 12.5 Å². The molecule has 3 aromatic rings. The van der Waals surface area contributed by atoms with Gasteiger partial charge < -0.3 is 20.3 Å². The predicted octanol–water partition coefficient (Wildman–Crippen LogP) is 4.43. The third kappa shape index (κ3) is 7.37. The molecule has 2 aromatic carbocycles. The van der Waals surface area contributed by atoms with Gasteiger partial charge in [0.25, 0.3) is 5.91 Å². The Labute approximate surface area is 241 Å². The van der Waals surface area contributed by atoms with Crippen molar-refractivity contribution >= 4 is 69.2 Å². The zero-order chi connectivity index (χ0) is 28.8. The first-order chi connectivity index (χ1) is 19.1. The number of anilines is 1. The van der Waals surface area contributed by atoms with E-state index in [4.69, 9.17) is 22.1 Å². The van der Waals surface area contributed by atoms with Gasteiger partial charge in [0.05, 0.1) is 17.1 Å². The van der Waals surface area contributed by atoms with Crippen LogP contribution in [0.4, 0.5) is 14.5 Å². The van der Waals surface area contributed by atoms with E-state index in [1.165, 1.54) is 46.6 Å². The molecular formula is C27H22F2N2O6S3. The van der Waals surface area contributed by atoms with Crippen LogP contribution < -0.4 is 5.32 Å². The highest BCUT2D eigenvalue weighted by atomic mass is 32.2. The zero-order valence-corrected chi connectivity index (χ0v) is 23.1. The molecule has 4 rings (SSSR count). The Morgan fingerprint density at radius 3 is 2.55 bits per heavy atom. The summed E-state index contributed by atoms with van der Waals surface area (Å²) in [5.74, 6) is -3.25. The van der Waals surface area contributed by atoms with E-state index >= 15 is 0 Å². The lowest BCUT2D eigenvalue weighted by Gasteiger charge is -2.14. The van der Waals surface area contributed by atoms with Gasteiger partial charge in [-0.1, -0.05) is 30.0 Å². The molecule has 1 aliphatic rings. The Kier molecular flexibility index (Phi) is 9.76. The second kappa shape index (κ2) is 13.2. The first kappa shape index (κ1) is 29.5. The highest BCUT2D eigenvalue weighted by Crippen LogP contribution is 2.35. The summed E-state index contributed by atoms with van der Waals surface area (Å²) < 4.78 is 32.0. The van der Waals surface area contributed by atoms with Gasteiger partial charge in [-0.15, -0.1) is 11.3 Å². The largest absolute Gasteiger partial charge is 0.459 e. The van der Waals surface area contributed by atoms with E-state index in [1.54, 1.807) is 17.5 Å². The molecule has 208 valence electrons. The van der Waals surface area contributed by atoms with Crippen LogP contribution in [0, 0.1) is 11.6 Å². The van der Waals surface area contributed by atoms with Crippen molar-refractivity contribution in [1.82, 2.24) is 4.90 Å². The summed E-state index contributed by atoms with van der Waals surface area (Å²) in [4.78, 5) is 39.8. The Morgan fingerprint density at radius 2 is 1.85 bits per heavy atom. The number of nitrogens with one attached hydrogen (secondary N) is 1. The van der Waals surface area contributed by atoms with Crippen LogP contribution >= 0.6 is 35.3 Å². The van der Waals surface area contributed by atoms with Crippen LogP contribution in [0.2, 0.25) is 0 Å². The van der Waals surface area contributed by atoms with Crippen LogP contribution in [0.25, 0.3) is 17.2 Å². The third-order valence-electron chi connectivity index (χ3n) is 5.60. The second-order valence-corrected chi connectivity index (χ2v) is 11.1. The molecule has 1 atom stereocenters. The van der Waals surface area contributed by atoms with Crippen molar-refractivity contribution in [2.75, 3.05) is 25.1 Å². The van der Waals surface area contributed by atoms with Crippen LogP contribution in [-0.4, -0.2) is 63.1 Å². The number of hydrogen-bond donors (Lipinski definition) is 3. The van der Waals surface area contributed by atoms with Crippen LogP contribution in [0.15, 0.2) is 58.8 Å². The average Bonchev–Trinajstić information content (AvgIpc) is 3.51. The van der Waals surface area contributed by atoms with Crippen LogP contribution in [-0.2, 0) is 14.3 Å². The number of rotatable bonds is 10. The van der Waals surface area contributed by atoms with Crippen molar-refractivity contribution in [3.63, 3.8) is 0 Å². The minimum absolute atomic E-state index is 0.0260. The van der Waals surface area contributed by atoms with E-state index in [0.29, 0.717) is 26.0 Å². The molecule has 1 fully saturated rings. The molecule has 2 heterocycles. The number of aliphatic hydroxyl groups excluding tert-OH is 2. The number of halogens is 2. The molecule has 13 heteroatoms. The highest BCUT2D eigenvalue weighted by molar-refractivity contribution is 8.26. The maximum absolute atomic E-state index is 13.6. The number of carbonyl (C=O) groups is 3. The molecule has 1 aromatic heterocycles. The minimum Gasteiger partial charge on any atom is -0.459 e. The predicted molar refractivity (Wildman–Crippen MR) is 153 cm³/mol. The standard InChI is InChI=1S/C27H22F2N2O6S3/c28-21-6-3-16(10-22(21)29)17-9-20(39-14-17)11-23-25(35)31(27(38)40-23)8-7-24(34)30-18-4-1-15(2-5-18)26(36)37-13-19(33)12-32/h1-6,9-11,14,19,32-33H,7-8,12-13H2,(H,30,34). The van der Waals surface area contributed by atoms with Crippen LogP contribution in [0.3, 0.4) is 0 Å². The summed E-state index contributed by atoms with van der Waals surface area (Å²) >= 11 is 7.79. The number of ether oxygens (including phenoxy) is 1. The minimum atomic E-state index is -1.16. The molecule has 1 aliphatic heterocycles. The van der Waals surface area contributed by atoms with Crippen molar-refractivity contribution in [2.24, 2.45) is 0 Å². The van der Waals surface area contributed by atoms with Gasteiger partial charge in [-0.25, -0.2) is 13.6 Å². The topological polar surface area (TPSA) is 116 Å². The molecule has 0 saturated carbocycles. The molecule has 0 spiro atoms. The molecule has 40 heavy (non-hydrogen) atoms.